The number of para-hydroxylation sites is 2. The summed E-state index contributed by atoms with van der Waals surface area (Å²) in [4.78, 5) is 19.9. The van der Waals surface area contributed by atoms with Crippen LogP contribution in [0.5, 0.6) is 0 Å². The highest BCUT2D eigenvalue weighted by molar-refractivity contribution is 5.74. The van der Waals surface area contributed by atoms with Crippen molar-refractivity contribution >= 4 is 16.7 Å². The number of halogens is 2. The van der Waals surface area contributed by atoms with Crippen molar-refractivity contribution < 1.29 is 8.78 Å². The molecule has 3 rings (SSSR count). The number of benzene rings is 1. The summed E-state index contributed by atoms with van der Waals surface area (Å²) >= 11 is 0. The molecule has 0 aliphatic carbocycles. The molecule has 23 heavy (non-hydrogen) atoms. The molecule has 0 atom stereocenters. The van der Waals surface area contributed by atoms with Gasteiger partial charge in [-0.3, -0.25) is 9.78 Å². The molecule has 0 spiro atoms. The van der Waals surface area contributed by atoms with Crippen LogP contribution in [0.25, 0.3) is 11.0 Å². The van der Waals surface area contributed by atoms with E-state index in [1.807, 2.05) is 18.2 Å². The van der Waals surface area contributed by atoms with E-state index in [0.29, 0.717) is 16.7 Å². The van der Waals surface area contributed by atoms with Crippen molar-refractivity contribution in [2.45, 2.75) is 13.5 Å². The third kappa shape index (κ3) is 2.90. The van der Waals surface area contributed by atoms with Crippen molar-refractivity contribution in [3.63, 3.8) is 0 Å². The van der Waals surface area contributed by atoms with Crippen LogP contribution in [-0.2, 0) is 6.54 Å². The molecule has 2 heterocycles. The van der Waals surface area contributed by atoms with Crippen LogP contribution in [0.1, 0.15) is 5.69 Å². The van der Waals surface area contributed by atoms with Crippen molar-refractivity contribution in [3.05, 3.63) is 64.3 Å². The molecular weight excluding hydrogens is 302 g/mol. The number of hydrogen-bond acceptors (Lipinski definition) is 4. The summed E-state index contributed by atoms with van der Waals surface area (Å²) in [7, 11) is 0. The van der Waals surface area contributed by atoms with Gasteiger partial charge in [-0.15, -0.1) is 0 Å². The molecule has 118 valence electrons. The van der Waals surface area contributed by atoms with E-state index in [1.54, 1.807) is 17.6 Å². The fourth-order valence-electron chi connectivity index (χ4n) is 2.42. The fraction of sp³-hybridized carbons (Fsp3) is 0.188. The molecule has 7 heteroatoms. The van der Waals surface area contributed by atoms with Gasteiger partial charge in [-0.25, -0.2) is 13.8 Å². The molecule has 5 nitrogen and oxygen atoms in total. The topological polar surface area (TPSA) is 59.8 Å². The maximum absolute atomic E-state index is 13.5. The zero-order valence-corrected chi connectivity index (χ0v) is 12.4. The maximum Gasteiger partial charge on any atom is 0.272 e. The average molecular weight is 316 g/mol. The van der Waals surface area contributed by atoms with E-state index in [1.165, 1.54) is 0 Å². The van der Waals surface area contributed by atoms with Gasteiger partial charge in [0, 0.05) is 13.1 Å². The second kappa shape index (κ2) is 6.12. The first kappa shape index (κ1) is 15.1. The van der Waals surface area contributed by atoms with Crippen LogP contribution in [-0.4, -0.2) is 21.1 Å². The summed E-state index contributed by atoms with van der Waals surface area (Å²) in [5.74, 6) is -1.54. The van der Waals surface area contributed by atoms with Crippen molar-refractivity contribution in [3.8, 4) is 0 Å². The van der Waals surface area contributed by atoms with E-state index in [4.69, 9.17) is 0 Å². The standard InChI is InChI=1S/C16H14F2N4O/c1-10-16(23)22(14-5-3-2-4-13(14)21-10)7-6-20-15-11(17)8-19-9-12(15)18/h2-5,8-9H,6-7H2,1H3,(H,19,20). The van der Waals surface area contributed by atoms with Crippen molar-refractivity contribution in [2.75, 3.05) is 11.9 Å². The molecule has 2 aromatic heterocycles. The maximum atomic E-state index is 13.5. The van der Waals surface area contributed by atoms with Crippen molar-refractivity contribution in [2.24, 2.45) is 0 Å². The molecule has 0 amide bonds. The van der Waals surface area contributed by atoms with Gasteiger partial charge in [0.15, 0.2) is 11.6 Å². The van der Waals surface area contributed by atoms with E-state index in [-0.39, 0.29) is 24.3 Å². The van der Waals surface area contributed by atoms with Gasteiger partial charge in [-0.1, -0.05) is 12.1 Å². The third-order valence-electron chi connectivity index (χ3n) is 3.51. The highest BCUT2D eigenvalue weighted by Crippen LogP contribution is 2.16. The van der Waals surface area contributed by atoms with Gasteiger partial charge in [-0.05, 0) is 19.1 Å². The third-order valence-corrected chi connectivity index (χ3v) is 3.51. The van der Waals surface area contributed by atoms with Gasteiger partial charge < -0.3 is 9.88 Å². The number of aromatic nitrogens is 3. The zero-order chi connectivity index (χ0) is 16.4. The molecule has 3 aromatic rings. The van der Waals surface area contributed by atoms with E-state index in [9.17, 15) is 13.6 Å². The van der Waals surface area contributed by atoms with E-state index < -0.39 is 11.6 Å². The lowest BCUT2D eigenvalue weighted by molar-refractivity contribution is 0.575. The number of nitrogens with zero attached hydrogens (tertiary/aromatic N) is 3. The minimum absolute atomic E-state index is 0.186. The summed E-state index contributed by atoms with van der Waals surface area (Å²) in [5, 5.41) is 2.67. The Bertz CT molecular complexity index is 903. The molecule has 1 aromatic carbocycles. The summed E-state index contributed by atoms with van der Waals surface area (Å²) in [6.07, 6.45) is 1.87. The monoisotopic (exact) mass is 316 g/mol. The molecule has 0 radical (unpaired) electrons. The van der Waals surface area contributed by atoms with Crippen molar-refractivity contribution in [1.82, 2.24) is 14.5 Å². The lowest BCUT2D eigenvalue weighted by atomic mass is 10.2. The van der Waals surface area contributed by atoms with E-state index >= 15 is 0 Å². The molecule has 0 fully saturated rings. The van der Waals surface area contributed by atoms with Crippen LogP contribution in [0.3, 0.4) is 0 Å². The average Bonchev–Trinajstić information content (AvgIpc) is 2.53. The second-order valence-corrected chi connectivity index (χ2v) is 5.05. The summed E-state index contributed by atoms with van der Waals surface area (Å²) in [5.41, 5.74) is 1.29. The molecule has 0 unspecified atom stereocenters. The van der Waals surface area contributed by atoms with E-state index in [2.05, 4.69) is 15.3 Å². The minimum Gasteiger partial charge on any atom is -0.378 e. The van der Waals surface area contributed by atoms with Gasteiger partial charge in [0.1, 0.15) is 11.4 Å². The predicted molar refractivity (Wildman–Crippen MR) is 83.4 cm³/mol. The summed E-state index contributed by atoms with van der Waals surface area (Å²) < 4.78 is 28.6. The number of rotatable bonds is 4. The Hall–Kier alpha value is -2.83. The van der Waals surface area contributed by atoms with E-state index in [0.717, 1.165) is 12.4 Å². The van der Waals surface area contributed by atoms with Crippen LogP contribution in [0.2, 0.25) is 0 Å². The van der Waals surface area contributed by atoms with Crippen LogP contribution < -0.4 is 10.9 Å². The van der Waals surface area contributed by atoms with Crippen LogP contribution in [0, 0.1) is 18.6 Å². The Kier molecular flexibility index (Phi) is 4.01. The Morgan fingerprint density at radius 2 is 1.87 bits per heavy atom. The van der Waals surface area contributed by atoms with Gasteiger partial charge in [0.05, 0.1) is 23.4 Å². The Morgan fingerprint density at radius 1 is 1.17 bits per heavy atom. The quantitative estimate of drug-likeness (QED) is 0.803. The number of pyridine rings is 1. The first-order chi connectivity index (χ1) is 11.1. The number of aryl methyl sites for hydroxylation is 1. The summed E-state index contributed by atoms with van der Waals surface area (Å²) in [6, 6.07) is 7.25. The van der Waals surface area contributed by atoms with Crippen molar-refractivity contribution in [1.29, 1.82) is 0 Å². The van der Waals surface area contributed by atoms with Gasteiger partial charge in [-0.2, -0.15) is 0 Å². The largest absolute Gasteiger partial charge is 0.378 e. The fourth-order valence-corrected chi connectivity index (χ4v) is 2.42. The molecule has 0 bridgehead atoms. The first-order valence-electron chi connectivity index (χ1n) is 7.07. The Labute approximate surface area is 130 Å². The van der Waals surface area contributed by atoms with Gasteiger partial charge in [0.25, 0.3) is 5.56 Å². The predicted octanol–water partition coefficient (Wildman–Crippen LogP) is 2.49. The van der Waals surface area contributed by atoms with Crippen LogP contribution >= 0.6 is 0 Å². The smallest absolute Gasteiger partial charge is 0.272 e. The second-order valence-electron chi connectivity index (χ2n) is 5.05. The lowest BCUT2D eigenvalue weighted by Crippen LogP contribution is -2.27. The molecule has 1 N–H and O–H groups in total. The highest BCUT2D eigenvalue weighted by atomic mass is 19.1. The number of anilines is 1. The Balaban J connectivity index is 1.88. The van der Waals surface area contributed by atoms with Crippen LogP contribution in [0.15, 0.2) is 41.5 Å². The SMILES string of the molecule is Cc1nc2ccccc2n(CCNc2c(F)cncc2F)c1=O. The number of nitrogens with one attached hydrogen (secondary N) is 1. The van der Waals surface area contributed by atoms with Gasteiger partial charge in [0.2, 0.25) is 0 Å². The van der Waals surface area contributed by atoms with Gasteiger partial charge >= 0.3 is 0 Å². The molecule has 0 saturated heterocycles. The zero-order valence-electron chi connectivity index (χ0n) is 12.4. The molecular formula is C16H14F2N4O. The highest BCUT2D eigenvalue weighted by Gasteiger charge is 2.10. The lowest BCUT2D eigenvalue weighted by Gasteiger charge is -2.13. The number of hydrogen-bond donors (Lipinski definition) is 1. The molecule has 0 aliphatic rings. The summed E-state index contributed by atoms with van der Waals surface area (Å²) in [6.45, 7) is 2.08. The Morgan fingerprint density at radius 3 is 2.61 bits per heavy atom. The molecule has 0 aliphatic heterocycles. The number of fused-ring (bicyclic) bond motifs is 1. The first-order valence-corrected chi connectivity index (χ1v) is 7.07. The molecule has 0 saturated carbocycles. The van der Waals surface area contributed by atoms with Crippen LogP contribution in [0.4, 0.5) is 14.5 Å². The normalized spacial score (nSPS) is 10.9. The minimum atomic E-state index is -0.770.